The first-order chi connectivity index (χ1) is 9.85. The number of allylic oxidation sites excluding steroid dienone is 3. The maximum absolute atomic E-state index is 4.36. The number of benzene rings is 2. The van der Waals surface area contributed by atoms with Crippen LogP contribution >= 0.6 is 0 Å². The molecular formula is C19H17N. The molecule has 0 atom stereocenters. The normalized spacial score (nSPS) is 12.0. The molecule has 0 saturated carbocycles. The van der Waals surface area contributed by atoms with Crippen LogP contribution in [-0.4, -0.2) is 5.71 Å². The molecule has 2 aromatic carbocycles. The largest absolute Gasteiger partial charge is 0.257 e. The zero-order valence-electron chi connectivity index (χ0n) is 11.4. The summed E-state index contributed by atoms with van der Waals surface area (Å²) in [6.45, 7) is 7.58. The summed E-state index contributed by atoms with van der Waals surface area (Å²) in [5.74, 6) is 0. The third-order valence-electron chi connectivity index (χ3n) is 2.92. The van der Waals surface area contributed by atoms with E-state index in [0.717, 1.165) is 22.4 Å². The van der Waals surface area contributed by atoms with Crippen LogP contribution in [0.1, 0.15) is 11.1 Å². The summed E-state index contributed by atoms with van der Waals surface area (Å²) in [5, 5.41) is 0. The van der Waals surface area contributed by atoms with Crippen LogP contribution in [0, 0.1) is 0 Å². The molecule has 0 aliphatic rings. The van der Waals surface area contributed by atoms with Gasteiger partial charge < -0.3 is 0 Å². The highest BCUT2D eigenvalue weighted by Crippen LogP contribution is 2.17. The van der Waals surface area contributed by atoms with Gasteiger partial charge in [0.05, 0.1) is 5.71 Å². The first-order valence-corrected chi connectivity index (χ1v) is 6.49. The molecule has 0 radical (unpaired) electrons. The highest BCUT2D eigenvalue weighted by atomic mass is 14.7. The Morgan fingerprint density at radius 2 is 1.35 bits per heavy atom. The molecule has 0 unspecified atom stereocenters. The summed E-state index contributed by atoms with van der Waals surface area (Å²) in [6.07, 6.45) is 5.43. The minimum Gasteiger partial charge on any atom is -0.257 e. The molecule has 0 saturated heterocycles. The minimum absolute atomic E-state index is 0.874. The second-order valence-electron chi connectivity index (χ2n) is 4.23. The van der Waals surface area contributed by atoms with Crippen LogP contribution in [0.4, 0.5) is 0 Å². The van der Waals surface area contributed by atoms with Gasteiger partial charge in [-0.1, -0.05) is 79.9 Å². The van der Waals surface area contributed by atoms with E-state index in [4.69, 9.17) is 0 Å². The lowest BCUT2D eigenvalue weighted by molar-refractivity contribution is 1.54. The molecule has 2 rings (SSSR count). The van der Waals surface area contributed by atoms with Crippen molar-refractivity contribution in [2.45, 2.75) is 0 Å². The van der Waals surface area contributed by atoms with Crippen LogP contribution in [0.5, 0.6) is 0 Å². The predicted octanol–water partition coefficient (Wildman–Crippen LogP) is 4.89. The fourth-order valence-electron chi connectivity index (χ4n) is 1.94. The molecule has 1 heteroatoms. The number of aliphatic imine (C=N–C) groups is 1. The van der Waals surface area contributed by atoms with Crippen molar-refractivity contribution < 1.29 is 0 Å². The molecule has 0 heterocycles. The van der Waals surface area contributed by atoms with E-state index in [2.05, 4.69) is 30.3 Å². The summed E-state index contributed by atoms with van der Waals surface area (Å²) in [7, 11) is 0. The van der Waals surface area contributed by atoms with Gasteiger partial charge in [-0.05, 0) is 17.2 Å². The fourth-order valence-corrected chi connectivity index (χ4v) is 1.94. The summed E-state index contributed by atoms with van der Waals surface area (Å²) in [4.78, 5) is 4.36. The Hall–Kier alpha value is -2.67. The Kier molecular flexibility index (Phi) is 4.85. The topological polar surface area (TPSA) is 12.4 Å². The molecule has 0 aromatic heterocycles. The number of hydrogen-bond acceptors (Lipinski definition) is 1. The number of nitrogens with zero attached hydrogens (tertiary/aromatic N) is 1. The lowest BCUT2D eigenvalue weighted by Gasteiger charge is -2.05. The van der Waals surface area contributed by atoms with Gasteiger partial charge in [0, 0.05) is 11.8 Å². The average Bonchev–Trinajstić information content (AvgIpc) is 2.53. The third kappa shape index (κ3) is 3.42. The van der Waals surface area contributed by atoms with Crippen LogP contribution < -0.4 is 0 Å². The van der Waals surface area contributed by atoms with Gasteiger partial charge in [-0.15, -0.1) is 0 Å². The molecule has 0 fully saturated rings. The van der Waals surface area contributed by atoms with Gasteiger partial charge >= 0.3 is 0 Å². The lowest BCUT2D eigenvalue weighted by Crippen LogP contribution is -1.97. The molecule has 2 aromatic rings. The van der Waals surface area contributed by atoms with Crippen LogP contribution in [0.15, 0.2) is 97.2 Å². The van der Waals surface area contributed by atoms with Crippen molar-refractivity contribution in [2.75, 3.05) is 0 Å². The van der Waals surface area contributed by atoms with Gasteiger partial charge in [-0.25, -0.2) is 0 Å². The summed E-state index contributed by atoms with van der Waals surface area (Å²) in [5.41, 5.74) is 4.09. The third-order valence-corrected chi connectivity index (χ3v) is 2.92. The SMILES string of the molecule is C=C/N=C(\C=C(/C=C)c1ccccc1)c1ccccc1. The molecular weight excluding hydrogens is 242 g/mol. The molecule has 20 heavy (non-hydrogen) atoms. The van der Waals surface area contributed by atoms with E-state index in [1.807, 2.05) is 60.7 Å². The average molecular weight is 259 g/mol. The van der Waals surface area contributed by atoms with Crippen LogP contribution in [0.25, 0.3) is 5.57 Å². The van der Waals surface area contributed by atoms with E-state index >= 15 is 0 Å². The molecule has 0 aliphatic carbocycles. The van der Waals surface area contributed by atoms with Crippen molar-refractivity contribution in [3.8, 4) is 0 Å². The van der Waals surface area contributed by atoms with E-state index < -0.39 is 0 Å². The van der Waals surface area contributed by atoms with Gasteiger partial charge in [-0.3, -0.25) is 4.99 Å². The fraction of sp³-hybridized carbons (Fsp3) is 0. The van der Waals surface area contributed by atoms with E-state index in [-0.39, 0.29) is 0 Å². The molecule has 1 nitrogen and oxygen atoms in total. The van der Waals surface area contributed by atoms with Crippen molar-refractivity contribution in [1.82, 2.24) is 0 Å². The minimum atomic E-state index is 0.874. The Bertz CT molecular complexity index is 634. The first kappa shape index (κ1) is 13.8. The second-order valence-corrected chi connectivity index (χ2v) is 4.23. The van der Waals surface area contributed by atoms with Crippen LogP contribution in [0.2, 0.25) is 0 Å². The van der Waals surface area contributed by atoms with E-state index in [1.54, 1.807) is 6.20 Å². The molecule has 0 aliphatic heterocycles. The molecule has 98 valence electrons. The molecule has 0 spiro atoms. The zero-order valence-corrected chi connectivity index (χ0v) is 11.4. The number of hydrogen-bond donors (Lipinski definition) is 0. The second kappa shape index (κ2) is 7.05. The maximum Gasteiger partial charge on any atom is 0.0707 e. The lowest BCUT2D eigenvalue weighted by atomic mass is 10.0. The van der Waals surface area contributed by atoms with E-state index in [0.29, 0.717) is 0 Å². The predicted molar refractivity (Wildman–Crippen MR) is 87.8 cm³/mol. The van der Waals surface area contributed by atoms with Crippen molar-refractivity contribution in [3.63, 3.8) is 0 Å². The molecule has 0 N–H and O–H groups in total. The Labute approximate surface area is 120 Å². The molecule has 0 amide bonds. The van der Waals surface area contributed by atoms with Crippen molar-refractivity contribution >= 4 is 11.3 Å². The summed E-state index contributed by atoms with van der Waals surface area (Å²) < 4.78 is 0. The van der Waals surface area contributed by atoms with E-state index in [1.165, 1.54) is 0 Å². The van der Waals surface area contributed by atoms with E-state index in [9.17, 15) is 0 Å². The van der Waals surface area contributed by atoms with Gasteiger partial charge in [0.15, 0.2) is 0 Å². The van der Waals surface area contributed by atoms with Crippen molar-refractivity contribution in [3.05, 3.63) is 103 Å². The Balaban J connectivity index is 2.45. The summed E-state index contributed by atoms with van der Waals surface area (Å²) in [6, 6.07) is 20.2. The van der Waals surface area contributed by atoms with Crippen LogP contribution in [-0.2, 0) is 0 Å². The summed E-state index contributed by atoms with van der Waals surface area (Å²) >= 11 is 0. The maximum atomic E-state index is 4.36. The van der Waals surface area contributed by atoms with Gasteiger partial charge in [0.25, 0.3) is 0 Å². The monoisotopic (exact) mass is 259 g/mol. The Morgan fingerprint density at radius 1 is 0.800 bits per heavy atom. The highest BCUT2D eigenvalue weighted by Gasteiger charge is 2.02. The van der Waals surface area contributed by atoms with Crippen molar-refractivity contribution in [1.29, 1.82) is 0 Å². The van der Waals surface area contributed by atoms with Gasteiger partial charge in [0.1, 0.15) is 0 Å². The zero-order chi connectivity index (χ0) is 14.2. The molecule has 0 bridgehead atoms. The first-order valence-electron chi connectivity index (χ1n) is 6.49. The standard InChI is InChI=1S/C19H17N/c1-3-16(17-11-7-5-8-12-17)15-19(20-4-2)18-13-9-6-10-14-18/h3-15H,1-2H2/b16-15+,20-19+. The van der Waals surface area contributed by atoms with Gasteiger partial charge in [-0.2, -0.15) is 0 Å². The smallest absolute Gasteiger partial charge is 0.0707 e. The van der Waals surface area contributed by atoms with Crippen molar-refractivity contribution in [2.24, 2.45) is 4.99 Å². The number of rotatable bonds is 5. The Morgan fingerprint density at radius 3 is 1.85 bits per heavy atom. The van der Waals surface area contributed by atoms with Crippen LogP contribution in [0.3, 0.4) is 0 Å². The highest BCUT2D eigenvalue weighted by molar-refractivity contribution is 6.13. The van der Waals surface area contributed by atoms with Gasteiger partial charge in [0.2, 0.25) is 0 Å². The quantitative estimate of drug-likeness (QED) is 0.535.